The van der Waals surface area contributed by atoms with Crippen molar-refractivity contribution in [3.05, 3.63) is 0 Å². The van der Waals surface area contributed by atoms with Gasteiger partial charge in [-0.25, -0.2) is 0 Å². The van der Waals surface area contributed by atoms with Gasteiger partial charge in [0.15, 0.2) is 17.4 Å². The van der Waals surface area contributed by atoms with Gasteiger partial charge < -0.3 is 4.84 Å². The fourth-order valence-corrected chi connectivity index (χ4v) is 0. The average molecular weight is 105 g/mol. The van der Waals surface area contributed by atoms with Crippen LogP contribution in [0.2, 0.25) is 0 Å². The summed E-state index contributed by atoms with van der Waals surface area (Å²) < 4.78 is 0. The minimum atomic E-state index is -0.468. The number of nitrogens with two attached hydrogens (primary N) is 1. The molecule has 0 atom stereocenters. The van der Waals surface area contributed by atoms with E-state index in [9.17, 15) is 4.79 Å². The van der Waals surface area contributed by atoms with Crippen molar-refractivity contribution < 1.29 is 9.63 Å². The van der Waals surface area contributed by atoms with E-state index >= 15 is 0 Å². The molecule has 0 aromatic heterocycles. The third-order valence-electron chi connectivity index (χ3n) is 0.166. The van der Waals surface area contributed by atoms with Crippen LogP contribution in [0, 0.1) is 0 Å². The molecule has 0 spiro atoms. The quantitative estimate of drug-likeness (QED) is 0.293. The van der Waals surface area contributed by atoms with Gasteiger partial charge >= 0.3 is 5.97 Å². The van der Waals surface area contributed by atoms with Crippen LogP contribution in [0.4, 0.5) is 0 Å². The number of hydrogen-bond donors (Lipinski definition) is 1. The molecule has 0 aliphatic rings. The van der Waals surface area contributed by atoms with E-state index in [1.54, 1.807) is 0 Å². The van der Waals surface area contributed by atoms with Crippen LogP contribution < -0.4 is 5.90 Å². The number of rotatable bonds is 0. The largest absolute Gasteiger partial charge is 0.374 e. The fourth-order valence-electron chi connectivity index (χ4n) is 0. The fraction of sp³-hybridized carbons (Fsp3) is 0.500. The molecule has 0 radical (unpaired) electrons. The second-order valence-electron chi connectivity index (χ2n) is 0.609. The lowest BCUT2D eigenvalue weighted by molar-refractivity contribution is -0.141. The molecule has 36 valence electrons. The van der Waals surface area contributed by atoms with E-state index in [-0.39, 0.29) is 17.4 Å². The summed E-state index contributed by atoms with van der Waals surface area (Å²) in [6.07, 6.45) is 0. The highest BCUT2D eigenvalue weighted by Gasteiger charge is 1.77. The van der Waals surface area contributed by atoms with Crippen LogP contribution in [0.15, 0.2) is 0 Å². The van der Waals surface area contributed by atoms with Gasteiger partial charge in [-0.05, 0) is 0 Å². The Balaban J connectivity index is 0. The lowest BCUT2D eigenvalue weighted by atomic mass is 10.8. The molecular formula is C2H8AlNO2. The van der Waals surface area contributed by atoms with Gasteiger partial charge in [-0.15, -0.1) is 0 Å². The Hall–Kier alpha value is -0.0375. The van der Waals surface area contributed by atoms with E-state index in [0.29, 0.717) is 0 Å². The van der Waals surface area contributed by atoms with E-state index in [4.69, 9.17) is 0 Å². The Bertz CT molecular complexity index is 46.8. The number of hydrogen-bond acceptors (Lipinski definition) is 3. The summed E-state index contributed by atoms with van der Waals surface area (Å²) in [6.45, 7) is 1.24. The third-order valence-corrected chi connectivity index (χ3v) is 0.166. The molecule has 0 saturated carbocycles. The van der Waals surface area contributed by atoms with Gasteiger partial charge in [0.2, 0.25) is 0 Å². The van der Waals surface area contributed by atoms with Gasteiger partial charge in [-0.2, -0.15) is 5.90 Å². The molecule has 0 aromatic rings. The molecule has 0 amide bonds. The molecule has 0 fully saturated rings. The molecule has 0 aliphatic heterocycles. The zero-order chi connectivity index (χ0) is 4.28. The molecule has 4 heteroatoms. The molecule has 3 nitrogen and oxygen atoms in total. The standard InChI is InChI=1S/C2H5NO2.Al.3H/c1-2(4)5-3;;;;/h3H2,1H3;;;;. The highest BCUT2D eigenvalue weighted by atomic mass is 27.0. The van der Waals surface area contributed by atoms with Crippen molar-refractivity contribution in [2.75, 3.05) is 0 Å². The lowest BCUT2D eigenvalue weighted by Crippen LogP contribution is -2.03. The van der Waals surface area contributed by atoms with Crippen LogP contribution in [-0.4, -0.2) is 23.3 Å². The van der Waals surface area contributed by atoms with Crippen molar-refractivity contribution in [3.63, 3.8) is 0 Å². The molecule has 0 aliphatic carbocycles. The topological polar surface area (TPSA) is 52.3 Å². The van der Waals surface area contributed by atoms with Crippen LogP contribution in [0.25, 0.3) is 0 Å². The first-order chi connectivity index (χ1) is 2.27. The van der Waals surface area contributed by atoms with Crippen LogP contribution in [0.3, 0.4) is 0 Å². The van der Waals surface area contributed by atoms with Crippen molar-refractivity contribution in [1.82, 2.24) is 0 Å². The molecule has 0 rings (SSSR count). The maximum absolute atomic E-state index is 9.47. The van der Waals surface area contributed by atoms with Crippen molar-refractivity contribution in [3.8, 4) is 0 Å². The molecule has 0 aromatic carbocycles. The molecule has 0 heterocycles. The first-order valence-corrected chi connectivity index (χ1v) is 1.14. The summed E-state index contributed by atoms with van der Waals surface area (Å²) in [5.41, 5.74) is 0. The van der Waals surface area contributed by atoms with Crippen molar-refractivity contribution in [1.29, 1.82) is 0 Å². The third kappa shape index (κ3) is 9.03. The van der Waals surface area contributed by atoms with E-state index < -0.39 is 5.97 Å². The van der Waals surface area contributed by atoms with Gasteiger partial charge in [-0.1, -0.05) is 0 Å². The molecule has 0 saturated heterocycles. The molecule has 0 bridgehead atoms. The highest BCUT2D eigenvalue weighted by molar-refractivity contribution is 5.75. The zero-order valence-electron chi connectivity index (χ0n) is 2.89. The molecule has 6 heavy (non-hydrogen) atoms. The predicted molar refractivity (Wildman–Crippen MR) is 25.9 cm³/mol. The maximum atomic E-state index is 9.47. The average Bonchev–Trinajstić information content (AvgIpc) is 1.38. The Morgan fingerprint density at radius 3 is 2.00 bits per heavy atom. The molecule has 0 unspecified atom stereocenters. The number of carbonyl (C=O) groups excluding carboxylic acids is 1. The van der Waals surface area contributed by atoms with Gasteiger partial charge in [0.25, 0.3) is 0 Å². The lowest BCUT2D eigenvalue weighted by Gasteiger charge is -1.79. The molecular weight excluding hydrogens is 97.0 g/mol. The highest BCUT2D eigenvalue weighted by Crippen LogP contribution is 1.55. The van der Waals surface area contributed by atoms with Crippen molar-refractivity contribution in [2.24, 2.45) is 5.90 Å². The summed E-state index contributed by atoms with van der Waals surface area (Å²) in [7, 11) is 0. The van der Waals surface area contributed by atoms with E-state index in [0.717, 1.165) is 0 Å². The minimum Gasteiger partial charge on any atom is -0.374 e. The van der Waals surface area contributed by atoms with E-state index in [1.807, 2.05) is 0 Å². The smallest absolute Gasteiger partial charge is 0.321 e. The van der Waals surface area contributed by atoms with E-state index in [2.05, 4.69) is 10.7 Å². The number of carbonyl (C=O) groups is 1. The second-order valence-corrected chi connectivity index (χ2v) is 0.609. The first kappa shape index (κ1) is 9.35. The predicted octanol–water partition coefficient (Wildman–Crippen LogP) is -1.76. The Morgan fingerprint density at radius 1 is 1.83 bits per heavy atom. The van der Waals surface area contributed by atoms with Crippen LogP contribution >= 0.6 is 0 Å². The van der Waals surface area contributed by atoms with Crippen molar-refractivity contribution >= 4 is 23.3 Å². The summed E-state index contributed by atoms with van der Waals surface area (Å²) in [5.74, 6) is 3.85. The Labute approximate surface area is 46.5 Å². The minimum absolute atomic E-state index is 0. The normalized spacial score (nSPS) is 5.67. The van der Waals surface area contributed by atoms with Gasteiger partial charge in [0.1, 0.15) is 0 Å². The second kappa shape index (κ2) is 4.96. The first-order valence-electron chi connectivity index (χ1n) is 1.14. The maximum Gasteiger partial charge on any atom is 0.321 e. The zero-order valence-corrected chi connectivity index (χ0v) is 2.89. The van der Waals surface area contributed by atoms with Crippen molar-refractivity contribution in [2.45, 2.75) is 6.92 Å². The summed E-state index contributed by atoms with van der Waals surface area (Å²) in [5, 5.41) is 0. The van der Waals surface area contributed by atoms with Gasteiger partial charge in [-0.3, -0.25) is 4.79 Å². The van der Waals surface area contributed by atoms with Crippen LogP contribution in [0.5, 0.6) is 0 Å². The summed E-state index contributed by atoms with van der Waals surface area (Å²) >= 11 is 0. The SMILES string of the molecule is CC(=O)ON.[AlH3]. The van der Waals surface area contributed by atoms with Crippen LogP contribution in [0.1, 0.15) is 6.92 Å². The van der Waals surface area contributed by atoms with Crippen LogP contribution in [-0.2, 0) is 9.63 Å². The summed E-state index contributed by atoms with van der Waals surface area (Å²) in [4.78, 5) is 13.1. The Kier molecular flexibility index (Phi) is 7.73. The van der Waals surface area contributed by atoms with E-state index in [1.165, 1.54) is 6.92 Å². The monoisotopic (exact) mass is 105 g/mol. The summed E-state index contributed by atoms with van der Waals surface area (Å²) in [6, 6.07) is 0. The Morgan fingerprint density at radius 2 is 2.00 bits per heavy atom. The van der Waals surface area contributed by atoms with Gasteiger partial charge in [0, 0.05) is 6.92 Å². The molecule has 2 N–H and O–H groups in total. The van der Waals surface area contributed by atoms with Gasteiger partial charge in [0.05, 0.1) is 0 Å².